The van der Waals surface area contributed by atoms with Crippen LogP contribution in [0.5, 0.6) is 0 Å². The van der Waals surface area contributed by atoms with E-state index in [9.17, 15) is 13.2 Å². The Morgan fingerprint density at radius 3 is 2.54 bits per heavy atom. The lowest BCUT2D eigenvalue weighted by Crippen LogP contribution is -2.32. The maximum absolute atomic E-state index is 13.6. The topological polar surface area (TPSA) is 84.9 Å². The summed E-state index contributed by atoms with van der Waals surface area (Å²) in [5.41, 5.74) is 3.60. The molecule has 6 rings (SSSR count). The zero-order valence-corrected chi connectivity index (χ0v) is 20.1. The van der Waals surface area contributed by atoms with E-state index in [0.717, 1.165) is 30.4 Å². The molecule has 8 nitrogen and oxygen atoms in total. The van der Waals surface area contributed by atoms with Crippen LogP contribution in [0.15, 0.2) is 53.4 Å². The van der Waals surface area contributed by atoms with E-state index in [4.69, 9.17) is 4.42 Å². The Bertz CT molecular complexity index is 1380. The summed E-state index contributed by atoms with van der Waals surface area (Å²) in [6, 6.07) is 11.5. The van der Waals surface area contributed by atoms with Crippen molar-refractivity contribution >= 4 is 11.6 Å². The van der Waals surface area contributed by atoms with Crippen LogP contribution >= 0.6 is 0 Å². The van der Waals surface area contributed by atoms with Crippen LogP contribution in [0.25, 0.3) is 17.3 Å². The number of benzene rings is 1. The van der Waals surface area contributed by atoms with Gasteiger partial charge in [0.25, 0.3) is 5.82 Å². The Labute approximate surface area is 211 Å². The monoisotopic (exact) mass is 509 g/mol. The lowest BCUT2D eigenvalue weighted by molar-refractivity contribution is -0.144. The number of rotatable bonds is 5. The fraction of sp³-hybridized carbons (Fsp3) is 0.385. The predicted molar refractivity (Wildman–Crippen MR) is 131 cm³/mol. The van der Waals surface area contributed by atoms with E-state index in [1.807, 2.05) is 12.1 Å². The van der Waals surface area contributed by atoms with Crippen molar-refractivity contribution in [3.8, 4) is 17.3 Å². The maximum atomic E-state index is 13.6. The molecular formula is C26H26F3N7O. The van der Waals surface area contributed by atoms with Crippen molar-refractivity contribution in [3.63, 3.8) is 0 Å². The number of anilines is 2. The molecule has 0 amide bonds. The maximum Gasteiger partial charge on any atom is 0.453 e. The van der Waals surface area contributed by atoms with Gasteiger partial charge in [0.15, 0.2) is 18.0 Å². The molecule has 0 spiro atoms. The number of aromatic nitrogens is 5. The molecule has 1 aliphatic carbocycles. The van der Waals surface area contributed by atoms with E-state index in [1.165, 1.54) is 49.6 Å². The molecule has 192 valence electrons. The highest BCUT2D eigenvalue weighted by atomic mass is 19.4. The molecule has 4 heterocycles. The van der Waals surface area contributed by atoms with Crippen LogP contribution in [0.1, 0.15) is 42.6 Å². The molecule has 1 N–H and O–H groups in total. The van der Waals surface area contributed by atoms with Gasteiger partial charge in [0.2, 0.25) is 5.95 Å². The number of hydrogen-bond donors (Lipinski definition) is 1. The SMILES string of the molecule is FC(F)(F)c1nc(Nc2ccc3c(c2)CCC(N2CCCC2)CC3)n(-c2cccc(-c3cnco3)n2)n1. The summed E-state index contributed by atoms with van der Waals surface area (Å²) >= 11 is 0. The minimum atomic E-state index is -4.71. The molecule has 4 aromatic rings. The molecular weight excluding hydrogens is 483 g/mol. The second-order valence-corrected chi connectivity index (χ2v) is 9.50. The van der Waals surface area contributed by atoms with E-state index in [1.54, 1.807) is 18.2 Å². The summed E-state index contributed by atoms with van der Waals surface area (Å²) in [5.74, 6) is -0.753. The average molecular weight is 510 g/mol. The summed E-state index contributed by atoms with van der Waals surface area (Å²) in [6.45, 7) is 2.35. The number of hydrogen-bond acceptors (Lipinski definition) is 7. The molecule has 1 saturated heterocycles. The smallest absolute Gasteiger partial charge is 0.442 e. The third-order valence-corrected chi connectivity index (χ3v) is 7.11. The number of nitrogens with one attached hydrogen (secondary N) is 1. The van der Waals surface area contributed by atoms with E-state index in [2.05, 4.69) is 36.3 Å². The van der Waals surface area contributed by atoms with Crippen molar-refractivity contribution < 1.29 is 17.6 Å². The van der Waals surface area contributed by atoms with Gasteiger partial charge in [-0.2, -0.15) is 22.8 Å². The minimum Gasteiger partial charge on any atom is -0.442 e. The number of halogens is 3. The molecule has 11 heteroatoms. The molecule has 1 aromatic carbocycles. The molecule has 0 saturated carbocycles. The molecule has 37 heavy (non-hydrogen) atoms. The Morgan fingerprint density at radius 2 is 1.78 bits per heavy atom. The van der Waals surface area contributed by atoms with Crippen molar-refractivity contribution in [1.29, 1.82) is 0 Å². The molecule has 2 aliphatic rings. The summed E-state index contributed by atoms with van der Waals surface area (Å²) in [4.78, 5) is 14.7. The first-order valence-electron chi connectivity index (χ1n) is 12.5. The first kappa shape index (κ1) is 23.7. The Balaban J connectivity index is 1.29. The highest BCUT2D eigenvalue weighted by molar-refractivity contribution is 5.58. The van der Waals surface area contributed by atoms with Crippen LogP contribution < -0.4 is 5.32 Å². The fourth-order valence-electron chi connectivity index (χ4n) is 5.26. The summed E-state index contributed by atoms with van der Waals surface area (Å²) in [7, 11) is 0. The highest BCUT2D eigenvalue weighted by Gasteiger charge is 2.37. The van der Waals surface area contributed by atoms with Crippen LogP contribution in [0, 0.1) is 0 Å². The molecule has 1 unspecified atom stereocenters. The second-order valence-electron chi connectivity index (χ2n) is 9.50. The van der Waals surface area contributed by atoms with Crippen LogP contribution in [0.3, 0.4) is 0 Å². The summed E-state index contributed by atoms with van der Waals surface area (Å²) in [6.07, 6.45) is 4.75. The van der Waals surface area contributed by atoms with Gasteiger partial charge in [0.1, 0.15) is 5.69 Å². The van der Waals surface area contributed by atoms with E-state index in [-0.39, 0.29) is 11.8 Å². The van der Waals surface area contributed by atoms with Gasteiger partial charge in [-0.1, -0.05) is 12.1 Å². The minimum absolute atomic E-state index is 0.0712. The Morgan fingerprint density at radius 1 is 0.973 bits per heavy atom. The number of alkyl halides is 3. The van der Waals surface area contributed by atoms with Gasteiger partial charge in [-0.25, -0.2) is 9.97 Å². The molecule has 3 aromatic heterocycles. The van der Waals surface area contributed by atoms with Crippen molar-refractivity contribution in [3.05, 3.63) is 65.9 Å². The quantitative estimate of drug-likeness (QED) is 0.360. The Hall–Kier alpha value is -3.73. The molecule has 0 bridgehead atoms. The van der Waals surface area contributed by atoms with Crippen molar-refractivity contribution in [2.24, 2.45) is 0 Å². The van der Waals surface area contributed by atoms with Gasteiger partial charge in [0.05, 0.1) is 6.20 Å². The van der Waals surface area contributed by atoms with Crippen molar-refractivity contribution in [2.45, 2.75) is 50.7 Å². The normalized spacial score (nSPS) is 18.5. The zero-order chi connectivity index (χ0) is 25.4. The standard InChI is InChI=1S/C26H26F3N7O/c27-26(28,29)24-33-25(36(34-24)23-5-3-4-21(32-23)22-15-30-16-37-22)31-19-9-6-17-7-10-20(11-8-18(17)14-19)35-12-1-2-13-35/h3-6,9,14-16,20H,1-2,7-8,10-13H2,(H,31,33,34). The van der Waals surface area contributed by atoms with Crippen LogP contribution in [0.4, 0.5) is 24.8 Å². The third-order valence-electron chi connectivity index (χ3n) is 7.11. The van der Waals surface area contributed by atoms with Gasteiger partial charge in [-0.3, -0.25) is 0 Å². The van der Waals surface area contributed by atoms with Crippen LogP contribution in [-0.4, -0.2) is 48.8 Å². The van der Waals surface area contributed by atoms with Gasteiger partial charge in [0, 0.05) is 11.7 Å². The largest absolute Gasteiger partial charge is 0.453 e. The van der Waals surface area contributed by atoms with Crippen molar-refractivity contribution in [2.75, 3.05) is 18.4 Å². The third kappa shape index (κ3) is 4.95. The number of oxazole rings is 1. The molecule has 1 aliphatic heterocycles. The van der Waals surface area contributed by atoms with E-state index < -0.39 is 12.0 Å². The fourth-order valence-corrected chi connectivity index (χ4v) is 5.26. The zero-order valence-electron chi connectivity index (χ0n) is 20.1. The highest BCUT2D eigenvalue weighted by Crippen LogP contribution is 2.32. The summed E-state index contributed by atoms with van der Waals surface area (Å²) < 4.78 is 47.0. The second kappa shape index (κ2) is 9.62. The molecule has 0 radical (unpaired) electrons. The molecule has 1 fully saturated rings. The first-order chi connectivity index (χ1) is 17.9. The van der Waals surface area contributed by atoms with Gasteiger partial charge in [-0.05, 0) is 87.0 Å². The lowest BCUT2D eigenvalue weighted by Gasteiger charge is -2.25. The van der Waals surface area contributed by atoms with E-state index >= 15 is 0 Å². The van der Waals surface area contributed by atoms with Crippen LogP contribution in [-0.2, 0) is 19.0 Å². The van der Waals surface area contributed by atoms with Gasteiger partial charge in [-0.15, -0.1) is 5.10 Å². The van der Waals surface area contributed by atoms with E-state index in [0.29, 0.717) is 23.2 Å². The predicted octanol–water partition coefficient (Wildman–Crippen LogP) is 5.42. The van der Waals surface area contributed by atoms with Gasteiger partial charge < -0.3 is 14.6 Å². The number of likely N-dealkylation sites (tertiary alicyclic amines) is 1. The number of nitrogens with zero attached hydrogens (tertiary/aromatic N) is 6. The Kier molecular flexibility index (Phi) is 6.15. The molecule has 1 atom stereocenters. The average Bonchev–Trinajstić information content (AvgIpc) is 3.65. The lowest BCUT2D eigenvalue weighted by atomic mass is 10.0. The number of pyridine rings is 1. The van der Waals surface area contributed by atoms with Gasteiger partial charge >= 0.3 is 6.18 Å². The first-order valence-corrected chi connectivity index (χ1v) is 12.5. The summed E-state index contributed by atoms with van der Waals surface area (Å²) in [5, 5.41) is 6.79. The number of aryl methyl sites for hydroxylation is 2. The van der Waals surface area contributed by atoms with Crippen LogP contribution in [0.2, 0.25) is 0 Å². The van der Waals surface area contributed by atoms with Crippen molar-refractivity contribution in [1.82, 2.24) is 29.6 Å². The number of fused-ring (bicyclic) bond motifs is 1.